The molecule has 6 heteroatoms. The summed E-state index contributed by atoms with van der Waals surface area (Å²) in [5.74, 6) is 0.444. The average molecular weight is 520 g/mol. The number of aromatic nitrogens is 1. The van der Waals surface area contributed by atoms with Crippen molar-refractivity contribution in [3.8, 4) is 22.7 Å². The van der Waals surface area contributed by atoms with Crippen molar-refractivity contribution in [1.82, 2.24) is 9.99 Å². The van der Waals surface area contributed by atoms with Crippen LogP contribution in [0.5, 0.6) is 5.75 Å². The van der Waals surface area contributed by atoms with E-state index < -0.39 is 0 Å². The molecule has 0 spiro atoms. The molecule has 38 heavy (non-hydrogen) atoms. The molecular weight excluding hydrogens is 494 g/mol. The maximum Gasteiger partial charge on any atom is 0.271 e. The highest BCUT2D eigenvalue weighted by atomic mass is 35.5. The molecule has 5 rings (SSSR count). The Hall–Kier alpha value is -4.61. The van der Waals surface area contributed by atoms with Crippen molar-refractivity contribution in [3.05, 3.63) is 143 Å². The second-order valence-corrected chi connectivity index (χ2v) is 9.16. The molecule has 1 aromatic heterocycles. The molecule has 0 fully saturated rings. The fraction of sp³-hybridized carbons (Fsp3) is 0.0625. The van der Waals surface area contributed by atoms with Gasteiger partial charge in [0.15, 0.2) is 0 Å². The zero-order chi connectivity index (χ0) is 26.3. The number of halogens is 1. The molecule has 0 unspecified atom stereocenters. The summed E-state index contributed by atoms with van der Waals surface area (Å²) in [6, 6.07) is 37.0. The number of hydrogen-bond donors (Lipinski definition) is 1. The Balaban J connectivity index is 1.19. The van der Waals surface area contributed by atoms with Gasteiger partial charge in [-0.1, -0.05) is 60.1 Å². The van der Waals surface area contributed by atoms with E-state index in [2.05, 4.69) is 46.3 Å². The van der Waals surface area contributed by atoms with Crippen LogP contribution in [0.15, 0.2) is 120 Å². The van der Waals surface area contributed by atoms with E-state index in [0.717, 1.165) is 39.5 Å². The predicted molar refractivity (Wildman–Crippen MR) is 153 cm³/mol. The van der Waals surface area contributed by atoms with Gasteiger partial charge in [0.1, 0.15) is 12.4 Å². The Morgan fingerprint density at radius 2 is 1.58 bits per heavy atom. The molecule has 0 aliphatic heterocycles. The lowest BCUT2D eigenvalue weighted by atomic mass is 10.1. The highest BCUT2D eigenvalue weighted by Gasteiger charge is 2.11. The summed E-state index contributed by atoms with van der Waals surface area (Å²) >= 11 is 6.18. The fourth-order valence-electron chi connectivity index (χ4n) is 4.13. The Morgan fingerprint density at radius 3 is 2.32 bits per heavy atom. The van der Waals surface area contributed by atoms with Gasteiger partial charge in [-0.3, -0.25) is 4.79 Å². The van der Waals surface area contributed by atoms with Crippen LogP contribution in [0.2, 0.25) is 5.02 Å². The van der Waals surface area contributed by atoms with Crippen molar-refractivity contribution in [2.45, 2.75) is 13.5 Å². The second kappa shape index (κ2) is 11.6. The number of carbonyl (C=O) groups is 1. The van der Waals surface area contributed by atoms with Crippen molar-refractivity contribution < 1.29 is 9.53 Å². The minimum Gasteiger partial charge on any atom is -0.489 e. The van der Waals surface area contributed by atoms with Gasteiger partial charge in [0.2, 0.25) is 0 Å². The number of nitrogens with zero attached hydrogens (tertiary/aromatic N) is 2. The number of carbonyl (C=O) groups excluding carboxylic acids is 1. The van der Waals surface area contributed by atoms with Crippen LogP contribution in [0.1, 0.15) is 27.2 Å². The summed E-state index contributed by atoms with van der Waals surface area (Å²) in [5, 5.41) is 4.78. The average Bonchev–Trinajstić information content (AvgIpc) is 3.35. The Kier molecular flexibility index (Phi) is 7.67. The van der Waals surface area contributed by atoms with E-state index in [-0.39, 0.29) is 5.91 Å². The molecule has 0 atom stereocenters. The lowest BCUT2D eigenvalue weighted by Crippen LogP contribution is -2.17. The number of benzene rings is 4. The van der Waals surface area contributed by atoms with Crippen LogP contribution in [-0.2, 0) is 6.61 Å². The Morgan fingerprint density at radius 1 is 0.868 bits per heavy atom. The van der Waals surface area contributed by atoms with Gasteiger partial charge in [0.05, 0.1) is 11.9 Å². The normalized spacial score (nSPS) is 11.0. The first-order valence-corrected chi connectivity index (χ1v) is 12.6. The molecule has 0 aliphatic carbocycles. The van der Waals surface area contributed by atoms with Crippen molar-refractivity contribution in [1.29, 1.82) is 0 Å². The summed E-state index contributed by atoms with van der Waals surface area (Å²) in [6.07, 6.45) is 1.60. The second-order valence-electron chi connectivity index (χ2n) is 8.76. The molecule has 0 radical (unpaired) electrons. The van der Waals surface area contributed by atoms with Crippen molar-refractivity contribution in [3.63, 3.8) is 0 Å². The van der Waals surface area contributed by atoms with Gasteiger partial charge >= 0.3 is 0 Å². The number of rotatable bonds is 8. The molecule has 0 saturated carbocycles. The number of nitrogens with one attached hydrogen (secondary N) is 1. The Bertz CT molecular complexity index is 1560. The minimum absolute atomic E-state index is 0.278. The van der Waals surface area contributed by atoms with Crippen LogP contribution in [0, 0.1) is 6.92 Å². The van der Waals surface area contributed by atoms with Crippen molar-refractivity contribution in [2.24, 2.45) is 5.10 Å². The lowest BCUT2D eigenvalue weighted by molar-refractivity contribution is 0.0955. The van der Waals surface area contributed by atoms with Gasteiger partial charge in [-0.2, -0.15) is 5.10 Å². The van der Waals surface area contributed by atoms with Gasteiger partial charge in [0, 0.05) is 27.5 Å². The van der Waals surface area contributed by atoms with E-state index in [1.165, 1.54) is 0 Å². The third-order valence-corrected chi connectivity index (χ3v) is 6.51. The smallest absolute Gasteiger partial charge is 0.271 e. The minimum atomic E-state index is -0.278. The van der Waals surface area contributed by atoms with E-state index in [4.69, 9.17) is 16.3 Å². The molecule has 4 aromatic carbocycles. The van der Waals surface area contributed by atoms with Crippen LogP contribution in [-0.4, -0.2) is 16.7 Å². The number of hydrazone groups is 1. The summed E-state index contributed by atoms with van der Waals surface area (Å²) < 4.78 is 7.98. The molecular formula is C32H26ClN3O2. The number of hydrogen-bond acceptors (Lipinski definition) is 3. The zero-order valence-corrected chi connectivity index (χ0v) is 21.6. The van der Waals surface area contributed by atoms with Gasteiger partial charge < -0.3 is 9.30 Å². The van der Waals surface area contributed by atoms with E-state index in [0.29, 0.717) is 17.2 Å². The Labute approximate surface area is 227 Å². The maximum absolute atomic E-state index is 12.6. The van der Waals surface area contributed by atoms with Crippen LogP contribution in [0.4, 0.5) is 0 Å². The van der Waals surface area contributed by atoms with Gasteiger partial charge in [-0.15, -0.1) is 0 Å². The fourth-order valence-corrected chi connectivity index (χ4v) is 4.32. The van der Waals surface area contributed by atoms with Gasteiger partial charge in [-0.25, -0.2) is 5.43 Å². The molecule has 0 bridgehead atoms. The van der Waals surface area contributed by atoms with Gasteiger partial charge in [-0.05, 0) is 84.8 Å². The highest BCUT2D eigenvalue weighted by Crippen LogP contribution is 2.26. The SMILES string of the molecule is Cc1ccc(-c2ccccc2)n1-c1ccc(C(=O)N/N=C/c2ccc(OCc3ccccc3Cl)cc2)cc1. The molecule has 188 valence electrons. The van der Waals surface area contributed by atoms with E-state index in [9.17, 15) is 4.79 Å². The number of amides is 1. The lowest BCUT2D eigenvalue weighted by Gasteiger charge is -2.12. The first kappa shape index (κ1) is 25.1. The van der Waals surface area contributed by atoms with Crippen molar-refractivity contribution >= 4 is 23.7 Å². The monoisotopic (exact) mass is 519 g/mol. The zero-order valence-electron chi connectivity index (χ0n) is 20.8. The third-order valence-electron chi connectivity index (χ3n) is 6.15. The van der Waals surface area contributed by atoms with Crippen LogP contribution < -0.4 is 10.2 Å². The topological polar surface area (TPSA) is 55.6 Å². The molecule has 1 heterocycles. The summed E-state index contributed by atoms with van der Waals surface area (Å²) in [4.78, 5) is 12.6. The standard InChI is InChI=1S/C32H26ClN3O2/c1-23-11-20-31(25-7-3-2-4-8-25)36(23)28-16-14-26(15-17-28)32(37)35-34-21-24-12-18-29(19-13-24)38-22-27-9-5-6-10-30(27)33/h2-21H,22H2,1H3,(H,35,37)/b34-21+. The number of aryl methyl sites for hydroxylation is 1. The predicted octanol–water partition coefficient (Wildman–Crippen LogP) is 7.45. The largest absolute Gasteiger partial charge is 0.489 e. The third kappa shape index (κ3) is 5.85. The summed E-state index contributed by atoms with van der Waals surface area (Å²) in [5.41, 5.74) is 9.23. The first-order valence-electron chi connectivity index (χ1n) is 12.2. The molecule has 5 aromatic rings. The molecule has 0 saturated heterocycles. The molecule has 1 amide bonds. The maximum atomic E-state index is 12.6. The van der Waals surface area contributed by atoms with E-state index in [1.54, 1.807) is 18.3 Å². The van der Waals surface area contributed by atoms with Crippen LogP contribution >= 0.6 is 11.6 Å². The van der Waals surface area contributed by atoms with Crippen LogP contribution in [0.25, 0.3) is 16.9 Å². The molecule has 0 aliphatic rings. The quantitative estimate of drug-likeness (QED) is 0.171. The van der Waals surface area contributed by atoms with Crippen molar-refractivity contribution in [2.75, 3.05) is 0 Å². The first-order chi connectivity index (χ1) is 18.6. The number of ether oxygens (including phenoxy) is 1. The van der Waals surface area contributed by atoms with E-state index >= 15 is 0 Å². The van der Waals surface area contributed by atoms with Gasteiger partial charge in [0.25, 0.3) is 5.91 Å². The summed E-state index contributed by atoms with van der Waals surface area (Å²) in [6.45, 7) is 2.46. The molecule has 5 nitrogen and oxygen atoms in total. The molecule has 1 N–H and O–H groups in total. The van der Waals surface area contributed by atoms with Crippen LogP contribution in [0.3, 0.4) is 0 Å². The highest BCUT2D eigenvalue weighted by molar-refractivity contribution is 6.31. The van der Waals surface area contributed by atoms with E-state index in [1.807, 2.05) is 78.9 Å². The summed E-state index contributed by atoms with van der Waals surface area (Å²) in [7, 11) is 0.